The normalized spacial score (nSPS) is 10.1. The van der Waals surface area contributed by atoms with E-state index in [0.29, 0.717) is 23.2 Å². The van der Waals surface area contributed by atoms with E-state index < -0.39 is 0 Å². The lowest BCUT2D eigenvalue weighted by Gasteiger charge is -2.02. The molecule has 0 aliphatic heterocycles. The van der Waals surface area contributed by atoms with Gasteiger partial charge in [-0.2, -0.15) is 4.98 Å². The van der Waals surface area contributed by atoms with Gasteiger partial charge in [0.05, 0.1) is 11.1 Å². The van der Waals surface area contributed by atoms with Crippen molar-refractivity contribution in [2.24, 2.45) is 0 Å². The number of hydrogen-bond donors (Lipinski definition) is 1. The standard InChI is InChI=1S/C12H11ClN2O/c13-10-6-12(15-7-11(10)14)16-8-9-4-2-1-3-5-9/h1-7H,8,14H2/p+1. The second-order valence-corrected chi connectivity index (χ2v) is 3.78. The number of ether oxygens (including phenoxy) is 1. The van der Waals surface area contributed by atoms with Crippen molar-refractivity contribution in [1.82, 2.24) is 0 Å². The Kier molecular flexibility index (Phi) is 3.27. The van der Waals surface area contributed by atoms with E-state index >= 15 is 0 Å². The number of anilines is 1. The molecule has 0 amide bonds. The molecule has 2 aromatic rings. The number of halogens is 1. The Balaban J connectivity index is 2.03. The van der Waals surface area contributed by atoms with Gasteiger partial charge in [0.1, 0.15) is 12.3 Å². The fourth-order valence-electron chi connectivity index (χ4n) is 1.28. The van der Waals surface area contributed by atoms with Crippen LogP contribution >= 0.6 is 11.6 Å². The Morgan fingerprint density at radius 2 is 2.00 bits per heavy atom. The quantitative estimate of drug-likeness (QED) is 0.888. The van der Waals surface area contributed by atoms with Crippen LogP contribution in [-0.4, -0.2) is 0 Å². The number of nitrogen functional groups attached to an aromatic ring is 1. The largest absolute Gasteiger partial charge is 0.440 e. The van der Waals surface area contributed by atoms with Crippen LogP contribution in [0.15, 0.2) is 42.6 Å². The number of rotatable bonds is 3. The molecule has 82 valence electrons. The Hall–Kier alpha value is -1.74. The third kappa shape index (κ3) is 2.64. The van der Waals surface area contributed by atoms with Gasteiger partial charge < -0.3 is 10.5 Å². The van der Waals surface area contributed by atoms with Crippen molar-refractivity contribution in [3.63, 3.8) is 0 Å². The average molecular weight is 236 g/mol. The molecule has 16 heavy (non-hydrogen) atoms. The van der Waals surface area contributed by atoms with Crippen molar-refractivity contribution in [2.45, 2.75) is 6.61 Å². The van der Waals surface area contributed by atoms with Gasteiger partial charge >= 0.3 is 5.88 Å². The van der Waals surface area contributed by atoms with Gasteiger partial charge in [0.25, 0.3) is 0 Å². The van der Waals surface area contributed by atoms with E-state index in [1.807, 2.05) is 30.3 Å². The van der Waals surface area contributed by atoms with E-state index in [1.165, 1.54) is 0 Å². The zero-order valence-corrected chi connectivity index (χ0v) is 9.37. The number of pyridine rings is 1. The zero-order valence-electron chi connectivity index (χ0n) is 8.61. The Morgan fingerprint density at radius 1 is 1.25 bits per heavy atom. The van der Waals surface area contributed by atoms with Gasteiger partial charge in [-0.3, -0.25) is 0 Å². The molecule has 0 atom stereocenters. The molecule has 4 heteroatoms. The molecule has 0 radical (unpaired) electrons. The first kappa shape index (κ1) is 10.8. The molecule has 0 fully saturated rings. The molecule has 1 aromatic heterocycles. The number of nitrogens with one attached hydrogen (secondary N) is 1. The number of H-pyrrole nitrogens is 1. The van der Waals surface area contributed by atoms with E-state index in [2.05, 4.69) is 4.98 Å². The van der Waals surface area contributed by atoms with Crippen LogP contribution < -0.4 is 15.5 Å². The van der Waals surface area contributed by atoms with Gasteiger partial charge in [0.15, 0.2) is 6.20 Å². The summed E-state index contributed by atoms with van der Waals surface area (Å²) in [7, 11) is 0. The first-order valence-electron chi connectivity index (χ1n) is 4.89. The van der Waals surface area contributed by atoms with Gasteiger partial charge in [-0.1, -0.05) is 41.9 Å². The highest BCUT2D eigenvalue weighted by Gasteiger charge is 2.06. The van der Waals surface area contributed by atoms with Crippen LogP contribution in [0, 0.1) is 0 Å². The molecule has 0 aliphatic carbocycles. The van der Waals surface area contributed by atoms with Crippen molar-refractivity contribution >= 4 is 17.3 Å². The minimum atomic E-state index is 0.488. The van der Waals surface area contributed by atoms with Crippen LogP contribution in [0.4, 0.5) is 5.69 Å². The van der Waals surface area contributed by atoms with E-state index in [4.69, 9.17) is 22.1 Å². The highest BCUT2D eigenvalue weighted by molar-refractivity contribution is 6.33. The van der Waals surface area contributed by atoms with Crippen molar-refractivity contribution in [3.05, 3.63) is 53.2 Å². The monoisotopic (exact) mass is 235 g/mol. The lowest BCUT2D eigenvalue weighted by molar-refractivity contribution is -0.394. The van der Waals surface area contributed by atoms with Crippen LogP contribution in [-0.2, 0) is 6.61 Å². The number of benzene rings is 1. The molecule has 0 saturated heterocycles. The molecule has 2 rings (SSSR count). The molecule has 3 N–H and O–H groups in total. The summed E-state index contributed by atoms with van der Waals surface area (Å²) in [5.74, 6) is 0.600. The van der Waals surface area contributed by atoms with Gasteiger partial charge in [0, 0.05) is 0 Å². The van der Waals surface area contributed by atoms with Crippen molar-refractivity contribution < 1.29 is 9.72 Å². The molecule has 1 heterocycles. The van der Waals surface area contributed by atoms with Gasteiger partial charge in [-0.25, -0.2) is 0 Å². The third-order valence-electron chi connectivity index (χ3n) is 2.14. The summed E-state index contributed by atoms with van der Waals surface area (Å²) in [6, 6.07) is 11.6. The highest BCUT2D eigenvalue weighted by atomic mass is 35.5. The van der Waals surface area contributed by atoms with E-state index in [-0.39, 0.29) is 0 Å². The maximum absolute atomic E-state index is 5.87. The molecular formula is C12H12ClN2O+. The molecular weight excluding hydrogens is 224 g/mol. The average Bonchev–Trinajstić information content (AvgIpc) is 2.32. The Labute approximate surface area is 98.8 Å². The third-order valence-corrected chi connectivity index (χ3v) is 2.47. The van der Waals surface area contributed by atoms with Crippen LogP contribution in [0.2, 0.25) is 5.02 Å². The fraction of sp³-hybridized carbons (Fsp3) is 0.0833. The summed E-state index contributed by atoms with van der Waals surface area (Å²) in [5.41, 5.74) is 7.19. The smallest absolute Gasteiger partial charge is 0.368 e. The maximum atomic E-state index is 5.87. The molecule has 0 unspecified atom stereocenters. The van der Waals surface area contributed by atoms with Crippen molar-refractivity contribution in [2.75, 3.05) is 5.73 Å². The lowest BCUT2D eigenvalue weighted by atomic mass is 10.2. The van der Waals surface area contributed by atoms with Crippen LogP contribution in [0.5, 0.6) is 5.88 Å². The van der Waals surface area contributed by atoms with Crippen LogP contribution in [0.3, 0.4) is 0 Å². The van der Waals surface area contributed by atoms with Gasteiger partial charge in [0.2, 0.25) is 0 Å². The summed E-state index contributed by atoms with van der Waals surface area (Å²) >= 11 is 5.87. The molecule has 1 aromatic carbocycles. The summed E-state index contributed by atoms with van der Waals surface area (Å²) in [5, 5.41) is 0.488. The number of aromatic nitrogens is 1. The molecule has 0 saturated carbocycles. The Morgan fingerprint density at radius 3 is 2.69 bits per heavy atom. The van der Waals surface area contributed by atoms with Gasteiger partial charge in [-0.05, 0) is 5.56 Å². The zero-order chi connectivity index (χ0) is 11.4. The second kappa shape index (κ2) is 4.86. The summed E-state index contributed by atoms with van der Waals surface area (Å²) < 4.78 is 5.53. The topological polar surface area (TPSA) is 49.4 Å². The van der Waals surface area contributed by atoms with E-state index in [0.717, 1.165) is 5.56 Å². The summed E-state index contributed by atoms with van der Waals surface area (Å²) in [6.45, 7) is 0.498. The van der Waals surface area contributed by atoms with Crippen LogP contribution in [0.25, 0.3) is 0 Å². The first-order chi connectivity index (χ1) is 7.75. The number of nitrogens with two attached hydrogens (primary N) is 1. The molecule has 0 aliphatic rings. The summed E-state index contributed by atoms with van der Waals surface area (Å²) in [6.07, 6.45) is 1.61. The minimum Gasteiger partial charge on any atom is -0.440 e. The minimum absolute atomic E-state index is 0.488. The maximum Gasteiger partial charge on any atom is 0.368 e. The number of hydrogen-bond acceptors (Lipinski definition) is 2. The highest BCUT2D eigenvalue weighted by Crippen LogP contribution is 2.19. The molecule has 0 spiro atoms. The predicted molar refractivity (Wildman–Crippen MR) is 63.2 cm³/mol. The fourth-order valence-corrected chi connectivity index (χ4v) is 1.43. The SMILES string of the molecule is Nc1c[nH+]c(OCc2ccccc2)cc1Cl. The van der Waals surface area contributed by atoms with Crippen molar-refractivity contribution in [1.29, 1.82) is 0 Å². The number of aromatic amines is 1. The molecule has 0 bridgehead atoms. The van der Waals surface area contributed by atoms with Crippen molar-refractivity contribution in [3.8, 4) is 5.88 Å². The van der Waals surface area contributed by atoms with Crippen LogP contribution in [0.1, 0.15) is 5.56 Å². The predicted octanol–water partition coefficient (Wildman–Crippen LogP) is 2.32. The lowest BCUT2D eigenvalue weighted by Crippen LogP contribution is -2.10. The Bertz CT molecular complexity index is 474. The molecule has 3 nitrogen and oxygen atoms in total. The second-order valence-electron chi connectivity index (χ2n) is 3.37. The summed E-state index contributed by atoms with van der Waals surface area (Å²) in [4.78, 5) is 2.92. The van der Waals surface area contributed by atoms with E-state index in [1.54, 1.807) is 12.3 Å². The first-order valence-corrected chi connectivity index (χ1v) is 5.27. The van der Waals surface area contributed by atoms with E-state index in [9.17, 15) is 0 Å². The van der Waals surface area contributed by atoms with Gasteiger partial charge in [-0.15, -0.1) is 0 Å².